The molecule has 1 rings (SSSR count). The van der Waals surface area contributed by atoms with Crippen molar-refractivity contribution >= 4 is 19.8 Å². The van der Waals surface area contributed by atoms with E-state index in [4.69, 9.17) is 22.9 Å². The third kappa shape index (κ3) is 28.6. The van der Waals surface area contributed by atoms with Crippen LogP contribution in [0, 0.1) is 13.8 Å². The molecule has 1 aromatic rings. The van der Waals surface area contributed by atoms with Gasteiger partial charge in [-0.2, -0.15) is 0 Å². The van der Waals surface area contributed by atoms with Gasteiger partial charge in [0, 0.05) is 25.7 Å². The van der Waals surface area contributed by atoms with Crippen molar-refractivity contribution in [3.8, 4) is 0 Å². The second-order valence-corrected chi connectivity index (χ2v) is 17.6. The maximum Gasteiger partial charge on any atom is 0.472 e. The summed E-state index contributed by atoms with van der Waals surface area (Å²) in [7, 11) is 1.38. The minimum absolute atomic E-state index is 0.00385. The summed E-state index contributed by atoms with van der Waals surface area (Å²) in [5.74, 6) is 1.31. The molecular formula is C46H79NO10P+. The molecule has 0 saturated carbocycles. The van der Waals surface area contributed by atoms with Crippen molar-refractivity contribution in [3.05, 3.63) is 71.3 Å². The van der Waals surface area contributed by atoms with Gasteiger partial charge in [-0.1, -0.05) is 101 Å². The predicted molar refractivity (Wildman–Crippen MR) is 233 cm³/mol. The van der Waals surface area contributed by atoms with E-state index in [0.717, 1.165) is 101 Å². The summed E-state index contributed by atoms with van der Waals surface area (Å²) < 4.78 is 40.3. The maximum absolute atomic E-state index is 12.7. The van der Waals surface area contributed by atoms with Crippen LogP contribution in [0.3, 0.4) is 0 Å². The fourth-order valence-electron chi connectivity index (χ4n) is 5.89. The monoisotopic (exact) mass is 837 g/mol. The molecule has 0 bridgehead atoms. The van der Waals surface area contributed by atoms with E-state index in [1.54, 1.807) is 0 Å². The number of carbonyl (C=O) groups is 2. The van der Waals surface area contributed by atoms with Gasteiger partial charge in [-0.3, -0.25) is 18.6 Å². The standard InChI is InChI=1S/C46H78NO10P/c1-8-10-30-41(48)31-25-21-17-15-13-11-12-14-16-18-24-28-34-46(50)56-42(38-55-58(51,52)54-36-35-47(5,6)7)37-53-45(49)33-27-23-20-19-22-26-32-44-40(4)39(3)43(57-44)29-9-2/h11-12,15-18,25,31,41-42,48H,8-10,13-14,19-24,26-30,32-38H2,1-7H3/p+1/b12-11-,17-15-,18-16-,31-25-/t41-,42-/m1/s1. The predicted octanol–water partition coefficient (Wildman–Crippen LogP) is 10.5. The van der Waals surface area contributed by atoms with Crippen LogP contribution in [0.5, 0.6) is 0 Å². The number of esters is 2. The Morgan fingerprint density at radius 1 is 0.724 bits per heavy atom. The topological polar surface area (TPSA) is 142 Å². The van der Waals surface area contributed by atoms with Crippen LogP contribution < -0.4 is 0 Å². The average Bonchev–Trinajstić information content (AvgIpc) is 3.43. The molecule has 0 aliphatic heterocycles. The second-order valence-electron chi connectivity index (χ2n) is 16.1. The normalized spacial score (nSPS) is 14.6. The van der Waals surface area contributed by atoms with Gasteiger partial charge in [0.2, 0.25) is 0 Å². The number of furan rings is 1. The molecule has 0 aromatic carbocycles. The quantitative estimate of drug-likeness (QED) is 0.0223. The summed E-state index contributed by atoms with van der Waals surface area (Å²) in [6.07, 6.45) is 30.8. The van der Waals surface area contributed by atoms with Crippen LogP contribution in [0.4, 0.5) is 0 Å². The second kappa shape index (κ2) is 32.0. The zero-order valence-electron chi connectivity index (χ0n) is 37.1. The van der Waals surface area contributed by atoms with Crippen molar-refractivity contribution in [3.63, 3.8) is 0 Å². The molecule has 11 nitrogen and oxygen atoms in total. The number of ether oxygens (including phenoxy) is 2. The van der Waals surface area contributed by atoms with E-state index in [2.05, 4.69) is 52.0 Å². The highest BCUT2D eigenvalue weighted by molar-refractivity contribution is 7.47. The molecule has 0 fully saturated rings. The van der Waals surface area contributed by atoms with E-state index in [0.29, 0.717) is 30.3 Å². The Kier molecular flexibility index (Phi) is 29.4. The Hall–Kier alpha value is -2.79. The number of phosphoric ester groups is 1. The molecule has 12 heteroatoms. The van der Waals surface area contributed by atoms with E-state index < -0.39 is 32.5 Å². The van der Waals surface area contributed by atoms with Gasteiger partial charge in [0.05, 0.1) is 33.9 Å². The number of nitrogens with zero attached hydrogens (tertiary/aromatic N) is 1. The van der Waals surface area contributed by atoms with Crippen molar-refractivity contribution in [2.24, 2.45) is 0 Å². The number of aryl methyl sites for hydroxylation is 2. The third-order valence-electron chi connectivity index (χ3n) is 9.61. The van der Waals surface area contributed by atoms with Crippen molar-refractivity contribution < 1.29 is 51.6 Å². The molecule has 0 amide bonds. The first kappa shape index (κ1) is 53.2. The van der Waals surface area contributed by atoms with Crippen LogP contribution in [0.1, 0.15) is 146 Å². The number of quaternary nitrogens is 1. The first-order valence-corrected chi connectivity index (χ1v) is 23.3. The molecule has 332 valence electrons. The molecule has 1 aromatic heterocycles. The van der Waals surface area contributed by atoms with Gasteiger partial charge in [-0.05, 0) is 82.8 Å². The van der Waals surface area contributed by atoms with Crippen LogP contribution in [-0.2, 0) is 45.5 Å². The minimum Gasteiger partial charge on any atom is -0.466 e. The molecule has 0 saturated heterocycles. The van der Waals surface area contributed by atoms with Gasteiger partial charge in [0.15, 0.2) is 6.10 Å². The lowest BCUT2D eigenvalue weighted by atomic mass is 10.0. The lowest BCUT2D eigenvalue weighted by Gasteiger charge is -2.24. The number of rotatable bonds is 35. The summed E-state index contributed by atoms with van der Waals surface area (Å²) in [6.45, 7) is 8.33. The Bertz CT molecular complexity index is 1420. The summed E-state index contributed by atoms with van der Waals surface area (Å²) >= 11 is 0. The van der Waals surface area contributed by atoms with Crippen molar-refractivity contribution in [1.29, 1.82) is 0 Å². The minimum atomic E-state index is -4.42. The van der Waals surface area contributed by atoms with E-state index in [9.17, 15) is 24.2 Å². The number of hydrogen-bond acceptors (Lipinski definition) is 9. The lowest BCUT2D eigenvalue weighted by molar-refractivity contribution is -0.870. The Morgan fingerprint density at radius 3 is 1.95 bits per heavy atom. The van der Waals surface area contributed by atoms with Crippen LogP contribution in [0.25, 0.3) is 0 Å². The molecular weight excluding hydrogens is 757 g/mol. The van der Waals surface area contributed by atoms with Gasteiger partial charge in [-0.15, -0.1) is 0 Å². The Balaban J connectivity index is 2.42. The largest absolute Gasteiger partial charge is 0.472 e. The van der Waals surface area contributed by atoms with E-state index >= 15 is 0 Å². The lowest BCUT2D eigenvalue weighted by Crippen LogP contribution is -2.37. The van der Waals surface area contributed by atoms with Crippen LogP contribution in [0.2, 0.25) is 0 Å². The van der Waals surface area contributed by atoms with Crippen molar-refractivity contribution in [2.45, 2.75) is 162 Å². The number of phosphoric acid groups is 1. The molecule has 3 atom stereocenters. The van der Waals surface area contributed by atoms with Gasteiger partial charge < -0.3 is 28.4 Å². The summed E-state index contributed by atoms with van der Waals surface area (Å²) in [4.78, 5) is 35.4. The van der Waals surface area contributed by atoms with Crippen molar-refractivity contribution in [1.82, 2.24) is 0 Å². The number of allylic oxidation sites excluding steroid dienone is 7. The highest BCUT2D eigenvalue weighted by atomic mass is 31.2. The van der Waals surface area contributed by atoms with Crippen molar-refractivity contribution in [2.75, 3.05) is 47.5 Å². The molecule has 0 aliphatic carbocycles. The average molecular weight is 837 g/mol. The smallest absolute Gasteiger partial charge is 0.466 e. The van der Waals surface area contributed by atoms with Gasteiger partial charge in [-0.25, -0.2) is 4.57 Å². The number of aliphatic hydroxyl groups excluding tert-OH is 1. The number of carbonyl (C=O) groups excluding carboxylic acids is 2. The Labute approximate surface area is 351 Å². The summed E-state index contributed by atoms with van der Waals surface area (Å²) in [5.41, 5.74) is 2.57. The summed E-state index contributed by atoms with van der Waals surface area (Å²) in [6, 6.07) is 0. The first-order valence-electron chi connectivity index (χ1n) is 21.8. The van der Waals surface area contributed by atoms with E-state index in [1.165, 1.54) is 11.1 Å². The number of unbranched alkanes of at least 4 members (excludes halogenated alkanes) is 7. The number of aliphatic hydroxyl groups is 1. The molecule has 0 spiro atoms. The molecule has 0 aliphatic rings. The Morgan fingerprint density at radius 2 is 1.31 bits per heavy atom. The number of likely N-dealkylation sites (N-methyl/N-ethyl adjacent to an activating group) is 1. The van der Waals surface area contributed by atoms with Crippen LogP contribution in [-0.4, -0.2) is 86.1 Å². The molecule has 0 radical (unpaired) electrons. The fraction of sp³-hybridized carbons (Fsp3) is 0.696. The maximum atomic E-state index is 12.7. The SMILES string of the molecule is CCCC[C@@H](O)/C=C\C/C=C\C/C=C\C/C=C\CCCC(=O)O[C@H](COC(=O)CCCCCCCCc1oc(CCC)c(C)c1C)COP(=O)(O)OCC[N+](C)(C)C. The first-order chi connectivity index (χ1) is 27.7. The van der Waals surface area contributed by atoms with Gasteiger partial charge in [0.25, 0.3) is 0 Å². The number of hydrogen-bond donors (Lipinski definition) is 2. The molecule has 1 unspecified atom stereocenters. The van der Waals surface area contributed by atoms with E-state index in [1.807, 2.05) is 45.4 Å². The fourth-order valence-corrected chi connectivity index (χ4v) is 6.64. The van der Waals surface area contributed by atoms with Crippen LogP contribution in [0.15, 0.2) is 53.0 Å². The zero-order valence-corrected chi connectivity index (χ0v) is 38.0. The molecule has 1 heterocycles. The highest BCUT2D eigenvalue weighted by Crippen LogP contribution is 2.43. The van der Waals surface area contributed by atoms with Crippen LogP contribution >= 0.6 is 7.82 Å². The summed E-state index contributed by atoms with van der Waals surface area (Å²) in [5, 5.41) is 9.83. The zero-order chi connectivity index (χ0) is 43.1. The highest BCUT2D eigenvalue weighted by Gasteiger charge is 2.27. The molecule has 2 N–H and O–H groups in total. The van der Waals surface area contributed by atoms with Gasteiger partial charge >= 0.3 is 19.8 Å². The third-order valence-corrected chi connectivity index (χ3v) is 10.6. The molecule has 58 heavy (non-hydrogen) atoms. The van der Waals surface area contributed by atoms with Gasteiger partial charge in [0.1, 0.15) is 31.3 Å². The van der Waals surface area contributed by atoms with E-state index in [-0.39, 0.29) is 32.2 Å².